The highest BCUT2D eigenvalue weighted by atomic mass is 32.1. The lowest BCUT2D eigenvalue weighted by molar-refractivity contribution is -0.131. The second-order valence-corrected chi connectivity index (χ2v) is 5.43. The smallest absolute Gasteiger partial charge is 0.328 e. The van der Waals surface area contributed by atoms with Crippen molar-refractivity contribution in [1.82, 2.24) is 9.97 Å². The molecule has 2 aromatic heterocycles. The molecule has 108 valence electrons. The zero-order valence-corrected chi connectivity index (χ0v) is 12.3. The monoisotopic (exact) mass is 303 g/mol. The molecule has 0 aliphatic carbocycles. The topological polar surface area (TPSA) is 92.2 Å². The fraction of sp³-hybridized carbons (Fsp3) is 0.143. The molecule has 0 spiro atoms. The molecular weight excluding hydrogens is 290 g/mol. The molecule has 0 fully saturated rings. The molecule has 2 rings (SSSR count). The third-order valence-corrected chi connectivity index (χ3v) is 3.70. The van der Waals surface area contributed by atoms with Crippen LogP contribution in [0, 0.1) is 13.8 Å². The molecule has 2 heterocycles. The van der Waals surface area contributed by atoms with Gasteiger partial charge in [0.25, 0.3) is 5.91 Å². The van der Waals surface area contributed by atoms with Gasteiger partial charge in [0.05, 0.1) is 5.69 Å². The SMILES string of the molecule is Cc1nc(NC(=O)c2ncccc2/C=C/C(=O)O)sc1C. The van der Waals surface area contributed by atoms with Crippen molar-refractivity contribution in [2.24, 2.45) is 0 Å². The maximum atomic E-state index is 12.2. The molecule has 6 nitrogen and oxygen atoms in total. The zero-order chi connectivity index (χ0) is 15.4. The van der Waals surface area contributed by atoms with Crippen LogP contribution in [-0.2, 0) is 4.79 Å². The van der Waals surface area contributed by atoms with Crippen molar-refractivity contribution in [2.45, 2.75) is 13.8 Å². The Morgan fingerprint density at radius 2 is 2.14 bits per heavy atom. The van der Waals surface area contributed by atoms with E-state index in [9.17, 15) is 9.59 Å². The van der Waals surface area contributed by atoms with Crippen molar-refractivity contribution in [3.63, 3.8) is 0 Å². The molecule has 0 aliphatic rings. The van der Waals surface area contributed by atoms with E-state index < -0.39 is 11.9 Å². The first-order valence-electron chi connectivity index (χ1n) is 6.09. The lowest BCUT2D eigenvalue weighted by Gasteiger charge is -2.04. The van der Waals surface area contributed by atoms with E-state index >= 15 is 0 Å². The van der Waals surface area contributed by atoms with Crippen LogP contribution < -0.4 is 5.32 Å². The van der Waals surface area contributed by atoms with Crippen LogP contribution in [0.4, 0.5) is 5.13 Å². The number of amides is 1. The standard InChI is InChI=1S/C14H13N3O3S/c1-8-9(2)21-14(16-8)17-13(20)12-10(4-3-7-15-12)5-6-11(18)19/h3-7H,1-2H3,(H,18,19)(H,16,17,20)/b6-5+. The minimum atomic E-state index is -1.09. The molecular formula is C14H13N3O3S. The molecule has 0 unspecified atom stereocenters. The van der Waals surface area contributed by atoms with Gasteiger partial charge in [-0.25, -0.2) is 9.78 Å². The van der Waals surface area contributed by atoms with Gasteiger partial charge in [0.1, 0.15) is 5.69 Å². The molecule has 2 N–H and O–H groups in total. The number of nitrogens with zero attached hydrogens (tertiary/aromatic N) is 2. The summed E-state index contributed by atoms with van der Waals surface area (Å²) in [7, 11) is 0. The number of rotatable bonds is 4. The van der Waals surface area contributed by atoms with Gasteiger partial charge < -0.3 is 5.11 Å². The molecule has 0 aromatic carbocycles. The van der Waals surface area contributed by atoms with E-state index in [4.69, 9.17) is 5.11 Å². The van der Waals surface area contributed by atoms with Gasteiger partial charge in [-0.2, -0.15) is 0 Å². The minimum Gasteiger partial charge on any atom is -0.478 e. The Bertz CT molecular complexity index is 703. The van der Waals surface area contributed by atoms with Gasteiger partial charge in [-0.05, 0) is 26.0 Å². The number of aryl methyl sites for hydroxylation is 2. The number of aliphatic carboxylic acids is 1. The molecule has 21 heavy (non-hydrogen) atoms. The molecule has 0 aliphatic heterocycles. The van der Waals surface area contributed by atoms with Gasteiger partial charge in [0.15, 0.2) is 5.13 Å². The van der Waals surface area contributed by atoms with Crippen LogP contribution in [0.5, 0.6) is 0 Å². The fourth-order valence-electron chi connectivity index (χ4n) is 1.59. The summed E-state index contributed by atoms with van der Waals surface area (Å²) in [5.41, 5.74) is 1.45. The maximum Gasteiger partial charge on any atom is 0.328 e. The Kier molecular flexibility index (Phi) is 4.44. The predicted molar refractivity (Wildman–Crippen MR) is 80.4 cm³/mol. The summed E-state index contributed by atoms with van der Waals surface area (Å²) in [5, 5.41) is 11.8. The van der Waals surface area contributed by atoms with Gasteiger partial charge in [-0.1, -0.05) is 6.07 Å². The largest absolute Gasteiger partial charge is 0.478 e. The summed E-state index contributed by atoms with van der Waals surface area (Å²) in [4.78, 5) is 32.0. The highest BCUT2D eigenvalue weighted by molar-refractivity contribution is 7.15. The number of nitrogens with one attached hydrogen (secondary N) is 1. The Balaban J connectivity index is 2.25. The van der Waals surface area contributed by atoms with Gasteiger partial charge in [-0.3, -0.25) is 15.1 Å². The number of hydrogen-bond acceptors (Lipinski definition) is 5. The van der Waals surface area contributed by atoms with Crippen LogP contribution in [0.3, 0.4) is 0 Å². The van der Waals surface area contributed by atoms with E-state index in [-0.39, 0.29) is 5.69 Å². The third kappa shape index (κ3) is 3.73. The van der Waals surface area contributed by atoms with Crippen molar-refractivity contribution < 1.29 is 14.7 Å². The summed E-state index contributed by atoms with van der Waals surface area (Å²) < 4.78 is 0. The van der Waals surface area contributed by atoms with Gasteiger partial charge in [-0.15, -0.1) is 11.3 Å². The molecule has 0 saturated heterocycles. The van der Waals surface area contributed by atoms with Crippen LogP contribution in [0.15, 0.2) is 24.4 Å². The van der Waals surface area contributed by atoms with E-state index in [0.717, 1.165) is 16.6 Å². The quantitative estimate of drug-likeness (QED) is 0.847. The highest BCUT2D eigenvalue weighted by Crippen LogP contribution is 2.22. The fourth-order valence-corrected chi connectivity index (χ4v) is 2.40. The number of anilines is 1. The number of carbonyl (C=O) groups excluding carboxylic acids is 1. The molecule has 0 bridgehead atoms. The summed E-state index contributed by atoms with van der Waals surface area (Å²) in [5.74, 6) is -1.51. The van der Waals surface area contributed by atoms with Crippen LogP contribution in [0.2, 0.25) is 0 Å². The normalized spacial score (nSPS) is 10.8. The number of pyridine rings is 1. The lowest BCUT2D eigenvalue weighted by Crippen LogP contribution is -2.15. The number of carboxylic acids is 1. The van der Waals surface area contributed by atoms with Crippen LogP contribution in [0.25, 0.3) is 6.08 Å². The lowest BCUT2D eigenvalue weighted by atomic mass is 10.1. The van der Waals surface area contributed by atoms with Crippen molar-refractivity contribution in [3.05, 3.63) is 46.2 Å². The molecule has 0 atom stereocenters. The number of carboxylic acid groups (broad SMARTS) is 1. The first kappa shape index (κ1) is 14.9. The first-order valence-corrected chi connectivity index (χ1v) is 6.90. The third-order valence-electron chi connectivity index (χ3n) is 2.71. The second kappa shape index (κ2) is 6.27. The average Bonchev–Trinajstić information content (AvgIpc) is 2.75. The van der Waals surface area contributed by atoms with Crippen LogP contribution in [0.1, 0.15) is 26.6 Å². The van der Waals surface area contributed by atoms with E-state index in [1.54, 1.807) is 12.1 Å². The van der Waals surface area contributed by atoms with E-state index in [1.807, 2.05) is 13.8 Å². The Hall–Kier alpha value is -2.54. The molecule has 0 radical (unpaired) electrons. The Morgan fingerprint density at radius 1 is 1.38 bits per heavy atom. The second-order valence-electron chi connectivity index (χ2n) is 4.23. The number of hydrogen-bond donors (Lipinski definition) is 2. The van der Waals surface area contributed by atoms with Crippen molar-refractivity contribution in [2.75, 3.05) is 5.32 Å². The van der Waals surface area contributed by atoms with Crippen LogP contribution in [-0.4, -0.2) is 27.0 Å². The summed E-state index contributed by atoms with van der Waals surface area (Å²) in [6.07, 6.45) is 3.78. The summed E-state index contributed by atoms with van der Waals surface area (Å²) in [6, 6.07) is 3.26. The van der Waals surface area contributed by atoms with E-state index in [1.165, 1.54) is 23.6 Å². The molecule has 2 aromatic rings. The minimum absolute atomic E-state index is 0.153. The molecule has 7 heteroatoms. The van der Waals surface area contributed by atoms with Crippen molar-refractivity contribution in [1.29, 1.82) is 0 Å². The highest BCUT2D eigenvalue weighted by Gasteiger charge is 2.14. The van der Waals surface area contributed by atoms with Crippen molar-refractivity contribution >= 4 is 34.4 Å². The zero-order valence-electron chi connectivity index (χ0n) is 11.5. The Labute approximate surface area is 125 Å². The summed E-state index contributed by atoms with van der Waals surface area (Å²) >= 11 is 1.38. The first-order chi connectivity index (χ1) is 9.97. The Morgan fingerprint density at radius 3 is 2.76 bits per heavy atom. The van der Waals surface area contributed by atoms with Gasteiger partial charge >= 0.3 is 5.97 Å². The van der Waals surface area contributed by atoms with Crippen molar-refractivity contribution in [3.8, 4) is 0 Å². The van der Waals surface area contributed by atoms with Gasteiger partial charge in [0, 0.05) is 22.7 Å². The number of thiazole rings is 1. The van der Waals surface area contributed by atoms with E-state index in [0.29, 0.717) is 10.7 Å². The number of aromatic nitrogens is 2. The number of carbonyl (C=O) groups is 2. The molecule has 0 saturated carbocycles. The maximum absolute atomic E-state index is 12.2. The van der Waals surface area contributed by atoms with Gasteiger partial charge in [0.2, 0.25) is 0 Å². The predicted octanol–water partition coefficient (Wildman–Crippen LogP) is 2.51. The van der Waals surface area contributed by atoms with Crippen LogP contribution >= 0.6 is 11.3 Å². The summed E-state index contributed by atoms with van der Waals surface area (Å²) in [6.45, 7) is 3.79. The average molecular weight is 303 g/mol. The van der Waals surface area contributed by atoms with E-state index in [2.05, 4.69) is 15.3 Å². The molecule has 1 amide bonds.